The predicted molar refractivity (Wildman–Crippen MR) is 168 cm³/mol. The molecule has 5 rings (SSSR count). The number of para-hydroxylation sites is 1. The minimum atomic E-state index is -0.284. The lowest BCUT2D eigenvalue weighted by Gasteiger charge is -2.21. The molecule has 0 bridgehead atoms. The van der Waals surface area contributed by atoms with Gasteiger partial charge in [-0.05, 0) is 67.3 Å². The van der Waals surface area contributed by atoms with Gasteiger partial charge in [-0.3, -0.25) is 4.79 Å². The van der Waals surface area contributed by atoms with Crippen molar-refractivity contribution in [2.24, 2.45) is 0 Å². The Kier molecular flexibility index (Phi) is 10.9. The molecular formula is C31H34Cl2N4OS. The zero-order valence-electron chi connectivity index (χ0n) is 22.4. The molecule has 0 radical (unpaired) electrons. The molecule has 0 saturated carbocycles. The van der Waals surface area contributed by atoms with E-state index in [1.54, 1.807) is 30.5 Å². The second-order valence-corrected chi connectivity index (χ2v) is 11.3. The van der Waals surface area contributed by atoms with Crippen LogP contribution in [-0.4, -0.2) is 28.2 Å². The van der Waals surface area contributed by atoms with E-state index in [9.17, 15) is 4.79 Å². The van der Waals surface area contributed by atoms with Gasteiger partial charge in [0.1, 0.15) is 0 Å². The quantitative estimate of drug-likeness (QED) is 0.230. The number of fused-ring (bicyclic) bond motifs is 1. The Morgan fingerprint density at radius 2 is 1.79 bits per heavy atom. The number of nitrogens with zero attached hydrogens (tertiary/aromatic N) is 3. The van der Waals surface area contributed by atoms with Crippen LogP contribution in [0.4, 0.5) is 11.4 Å². The highest BCUT2D eigenvalue weighted by Gasteiger charge is 2.17. The molecule has 0 atom stereocenters. The van der Waals surface area contributed by atoms with Crippen molar-refractivity contribution in [2.75, 3.05) is 21.9 Å². The number of benzene rings is 3. The molecule has 1 saturated heterocycles. The van der Waals surface area contributed by atoms with Crippen molar-refractivity contribution in [3.05, 3.63) is 82.5 Å². The Hall–Kier alpha value is -2.80. The molecule has 8 heteroatoms. The molecule has 39 heavy (non-hydrogen) atoms. The number of carbonyl (C=O) groups excluding carboxylic acids is 1. The molecule has 4 aromatic rings. The third kappa shape index (κ3) is 7.87. The van der Waals surface area contributed by atoms with Crippen LogP contribution in [0, 0.1) is 0 Å². The minimum Gasteiger partial charge on any atom is -0.322 e. The summed E-state index contributed by atoms with van der Waals surface area (Å²) in [7, 11) is 0. The third-order valence-corrected chi connectivity index (χ3v) is 8.22. The van der Waals surface area contributed by atoms with Gasteiger partial charge in [0.2, 0.25) is 0 Å². The summed E-state index contributed by atoms with van der Waals surface area (Å²) in [5.74, 6) is 1.31. The number of halogens is 2. The fraction of sp³-hybridized carbons (Fsp3) is 0.323. The van der Waals surface area contributed by atoms with Crippen molar-refractivity contribution >= 4 is 63.3 Å². The first-order valence-corrected chi connectivity index (χ1v) is 15.2. The largest absolute Gasteiger partial charge is 0.322 e. The summed E-state index contributed by atoms with van der Waals surface area (Å²) in [6.45, 7) is 5.41. The molecule has 1 fully saturated rings. The Balaban J connectivity index is 0.000000648. The molecule has 1 aliphatic heterocycles. The maximum Gasteiger partial charge on any atom is 0.257 e. The van der Waals surface area contributed by atoms with Crippen LogP contribution in [-0.2, 0) is 0 Å². The van der Waals surface area contributed by atoms with Crippen molar-refractivity contribution in [1.82, 2.24) is 9.97 Å². The molecule has 5 nitrogen and oxygen atoms in total. The second-order valence-electron chi connectivity index (χ2n) is 9.41. The average molecular weight is 582 g/mol. The number of anilines is 2. The van der Waals surface area contributed by atoms with Crippen LogP contribution < -0.4 is 9.62 Å². The van der Waals surface area contributed by atoms with Gasteiger partial charge < -0.3 is 9.62 Å². The van der Waals surface area contributed by atoms with Gasteiger partial charge in [0, 0.05) is 40.8 Å². The first-order valence-electron chi connectivity index (χ1n) is 13.5. The molecule has 2 heterocycles. The van der Waals surface area contributed by atoms with E-state index < -0.39 is 0 Å². The number of unbranched alkanes of at least 4 members (excludes halogenated alkanes) is 2. The molecular weight excluding hydrogens is 547 g/mol. The summed E-state index contributed by atoms with van der Waals surface area (Å²) < 4.78 is 2.26. The van der Waals surface area contributed by atoms with Crippen LogP contribution in [0.15, 0.2) is 66.9 Å². The minimum absolute atomic E-state index is 0.284. The number of hydrogen-bond donors (Lipinski definition) is 1. The van der Waals surface area contributed by atoms with E-state index in [0.717, 1.165) is 35.3 Å². The van der Waals surface area contributed by atoms with E-state index in [4.69, 9.17) is 23.2 Å². The smallest absolute Gasteiger partial charge is 0.257 e. The van der Waals surface area contributed by atoms with E-state index in [-0.39, 0.29) is 5.91 Å². The van der Waals surface area contributed by atoms with Crippen molar-refractivity contribution < 1.29 is 4.79 Å². The van der Waals surface area contributed by atoms with E-state index in [0.29, 0.717) is 32.7 Å². The normalized spacial score (nSPS) is 13.4. The summed E-state index contributed by atoms with van der Waals surface area (Å²) in [5, 5.41) is 4.80. The van der Waals surface area contributed by atoms with Crippen molar-refractivity contribution in [3.8, 4) is 11.4 Å². The molecule has 0 unspecified atom stereocenters. The average Bonchev–Trinajstić information content (AvgIpc) is 3.24. The van der Waals surface area contributed by atoms with Gasteiger partial charge in [0.25, 0.3) is 5.91 Å². The third-order valence-electron chi connectivity index (χ3n) is 6.40. The number of hydrogen-bond acceptors (Lipinski definition) is 5. The summed E-state index contributed by atoms with van der Waals surface area (Å²) in [6, 6.07) is 18.6. The van der Waals surface area contributed by atoms with Gasteiger partial charge in [-0.2, -0.15) is 0 Å². The Bertz CT molecular complexity index is 1400. The summed E-state index contributed by atoms with van der Waals surface area (Å²) in [4.78, 5) is 22.1. The number of amides is 1. The lowest BCUT2D eigenvalue weighted by atomic mass is 10.1. The Labute approximate surface area is 245 Å². The summed E-state index contributed by atoms with van der Waals surface area (Å²) in [6.07, 6.45) is 9.47. The highest BCUT2D eigenvalue weighted by atomic mass is 35.5. The zero-order chi connectivity index (χ0) is 27.6. The van der Waals surface area contributed by atoms with E-state index >= 15 is 0 Å². The van der Waals surface area contributed by atoms with E-state index in [2.05, 4.69) is 33.4 Å². The maximum absolute atomic E-state index is 13.0. The van der Waals surface area contributed by atoms with Crippen LogP contribution in [0.1, 0.15) is 62.7 Å². The molecule has 0 aliphatic carbocycles. The molecule has 1 amide bonds. The number of aromatic nitrogens is 2. The van der Waals surface area contributed by atoms with Crippen molar-refractivity contribution in [1.29, 1.82) is 0 Å². The monoisotopic (exact) mass is 580 g/mol. The lowest BCUT2D eigenvalue weighted by Crippen LogP contribution is -2.16. The zero-order valence-corrected chi connectivity index (χ0v) is 24.8. The highest BCUT2D eigenvalue weighted by molar-refractivity contribution is 8.00. The molecule has 204 valence electrons. The van der Waals surface area contributed by atoms with E-state index in [1.165, 1.54) is 32.1 Å². The Morgan fingerprint density at radius 3 is 2.56 bits per heavy atom. The lowest BCUT2D eigenvalue weighted by molar-refractivity contribution is 0.102. The highest BCUT2D eigenvalue weighted by Crippen LogP contribution is 2.32. The first-order chi connectivity index (χ1) is 19.0. The van der Waals surface area contributed by atoms with Gasteiger partial charge >= 0.3 is 0 Å². The molecule has 3 aromatic carbocycles. The predicted octanol–water partition coefficient (Wildman–Crippen LogP) is 9.69. The number of nitrogens with one attached hydrogen (secondary N) is 1. The fourth-order valence-corrected chi connectivity index (χ4v) is 5.79. The molecule has 1 N–H and O–H groups in total. The topological polar surface area (TPSA) is 58.1 Å². The molecule has 1 aromatic heterocycles. The standard InChI is InChI=1S/C26H22Cl2N4OS.C5H12/c27-22-11-8-18(14-21(22)25-29-16-17-6-2-3-7-24(17)31-25)30-26(33)20-10-9-19(15-23(20)28)32-12-4-1-5-13-34-32;1-3-5-4-2/h2-3,6-11,14-16H,1,4-5,12-13H2,(H,30,33);3-5H2,1-2H3. The maximum atomic E-state index is 13.0. The fourth-order valence-electron chi connectivity index (χ4n) is 4.25. The summed E-state index contributed by atoms with van der Waals surface area (Å²) >= 11 is 14.8. The van der Waals surface area contributed by atoms with Gasteiger partial charge in [-0.25, -0.2) is 9.97 Å². The molecule has 1 aliphatic rings. The van der Waals surface area contributed by atoms with Gasteiger partial charge in [-0.15, -0.1) is 0 Å². The van der Waals surface area contributed by atoms with Gasteiger partial charge in [0.05, 0.1) is 21.1 Å². The van der Waals surface area contributed by atoms with Crippen LogP contribution in [0.5, 0.6) is 0 Å². The van der Waals surface area contributed by atoms with Crippen LogP contribution in [0.2, 0.25) is 10.0 Å². The van der Waals surface area contributed by atoms with Crippen LogP contribution in [0.25, 0.3) is 22.3 Å². The van der Waals surface area contributed by atoms with Crippen molar-refractivity contribution in [2.45, 2.75) is 52.4 Å². The van der Waals surface area contributed by atoms with E-state index in [1.807, 2.05) is 48.3 Å². The number of carbonyl (C=O) groups is 1. The number of rotatable bonds is 6. The Morgan fingerprint density at radius 1 is 0.974 bits per heavy atom. The van der Waals surface area contributed by atoms with Crippen molar-refractivity contribution in [3.63, 3.8) is 0 Å². The first kappa shape index (κ1) is 29.2. The summed E-state index contributed by atoms with van der Waals surface area (Å²) in [5.41, 5.74) is 3.50. The van der Waals surface area contributed by atoms with Crippen LogP contribution in [0.3, 0.4) is 0 Å². The SMILES string of the molecule is CCCCC.O=C(Nc1ccc(Cl)c(-c2ncc3ccccc3n2)c1)c1ccc(N2CCCCCS2)cc1Cl. The van der Waals surface area contributed by atoms with Crippen LogP contribution >= 0.6 is 35.1 Å². The van der Waals surface area contributed by atoms with Gasteiger partial charge in [0.15, 0.2) is 5.82 Å². The second kappa shape index (κ2) is 14.5. The molecule has 0 spiro atoms. The van der Waals surface area contributed by atoms with Gasteiger partial charge in [-0.1, -0.05) is 80.9 Å².